The number of carbonyl (C=O) groups excluding carboxylic acids is 1. The van der Waals surface area contributed by atoms with E-state index in [2.05, 4.69) is 44.2 Å². The fourth-order valence-electron chi connectivity index (χ4n) is 3.74. The maximum atomic E-state index is 13.4. The molecule has 3 aromatic carbocycles. The lowest BCUT2D eigenvalue weighted by molar-refractivity contribution is 0.104. The Morgan fingerprint density at radius 2 is 1.56 bits per heavy atom. The summed E-state index contributed by atoms with van der Waals surface area (Å²) < 4.78 is 0. The van der Waals surface area contributed by atoms with Gasteiger partial charge in [-0.1, -0.05) is 78.4 Å². The molecule has 0 amide bonds. The van der Waals surface area contributed by atoms with Gasteiger partial charge in [-0.3, -0.25) is 4.79 Å². The van der Waals surface area contributed by atoms with Crippen LogP contribution < -0.4 is 0 Å². The maximum absolute atomic E-state index is 13.4. The van der Waals surface area contributed by atoms with Gasteiger partial charge in [0.25, 0.3) is 0 Å². The van der Waals surface area contributed by atoms with Gasteiger partial charge >= 0.3 is 0 Å². The number of benzene rings is 3. The minimum absolute atomic E-state index is 0.0947. The van der Waals surface area contributed by atoms with Gasteiger partial charge in [0.15, 0.2) is 5.78 Å². The Morgan fingerprint density at radius 1 is 0.840 bits per heavy atom. The lowest BCUT2D eigenvalue weighted by Gasteiger charge is -2.15. The van der Waals surface area contributed by atoms with Gasteiger partial charge < -0.3 is 0 Å². The van der Waals surface area contributed by atoms with Crippen LogP contribution in [-0.4, -0.2) is 5.78 Å². The van der Waals surface area contributed by atoms with E-state index in [9.17, 15) is 4.79 Å². The number of ketones is 1. The van der Waals surface area contributed by atoms with E-state index in [0.29, 0.717) is 0 Å². The first-order chi connectivity index (χ1) is 12.1. The van der Waals surface area contributed by atoms with E-state index in [4.69, 9.17) is 0 Å². The molecule has 0 radical (unpaired) electrons. The summed E-state index contributed by atoms with van der Waals surface area (Å²) in [5.74, 6) is 0.0947. The Bertz CT molecular complexity index is 1040. The second-order valence-electron chi connectivity index (χ2n) is 6.73. The minimum Gasteiger partial charge on any atom is -0.289 e. The standard InChI is InChI=1S/C24H20O/c1-16-14-17(2)22(15-16)21-13-12-18-8-6-7-11-20(18)23(21)24(25)19-9-4-3-5-10-19/h3-14H,15H2,1-2H3. The lowest BCUT2D eigenvalue weighted by Crippen LogP contribution is -2.06. The fraction of sp³-hybridized carbons (Fsp3) is 0.125. The molecule has 0 fully saturated rings. The van der Waals surface area contributed by atoms with Gasteiger partial charge in [0.05, 0.1) is 0 Å². The van der Waals surface area contributed by atoms with Crippen molar-refractivity contribution in [3.05, 3.63) is 101 Å². The number of rotatable bonds is 3. The second-order valence-corrected chi connectivity index (χ2v) is 6.73. The van der Waals surface area contributed by atoms with Crippen LogP contribution in [0.1, 0.15) is 41.8 Å². The molecule has 122 valence electrons. The third-order valence-corrected chi connectivity index (χ3v) is 4.91. The Balaban J connectivity index is 1.99. The molecule has 1 nitrogen and oxygen atoms in total. The summed E-state index contributed by atoms with van der Waals surface area (Å²) >= 11 is 0. The van der Waals surface area contributed by atoms with Crippen LogP contribution in [0.25, 0.3) is 16.3 Å². The molecule has 0 heterocycles. The van der Waals surface area contributed by atoms with E-state index in [1.165, 1.54) is 16.7 Å². The van der Waals surface area contributed by atoms with Crippen LogP contribution in [0, 0.1) is 0 Å². The molecule has 1 heteroatoms. The number of carbonyl (C=O) groups is 1. The molecule has 4 rings (SSSR count). The van der Waals surface area contributed by atoms with E-state index in [1.807, 2.05) is 42.5 Å². The number of hydrogen-bond acceptors (Lipinski definition) is 1. The lowest BCUT2D eigenvalue weighted by atomic mass is 9.87. The quantitative estimate of drug-likeness (QED) is 0.525. The molecule has 1 aliphatic rings. The van der Waals surface area contributed by atoms with Crippen molar-refractivity contribution >= 4 is 22.1 Å². The third-order valence-electron chi connectivity index (χ3n) is 4.91. The summed E-state index contributed by atoms with van der Waals surface area (Å²) in [6.45, 7) is 4.29. The zero-order valence-electron chi connectivity index (χ0n) is 14.5. The van der Waals surface area contributed by atoms with E-state index >= 15 is 0 Å². The first-order valence-electron chi connectivity index (χ1n) is 8.64. The summed E-state index contributed by atoms with van der Waals surface area (Å²) in [6, 6.07) is 22.0. The smallest absolute Gasteiger partial charge is 0.194 e. The molecule has 0 N–H and O–H groups in total. The summed E-state index contributed by atoms with van der Waals surface area (Å²) in [6.07, 6.45) is 3.14. The molecule has 0 aromatic heterocycles. The molecule has 0 saturated heterocycles. The number of allylic oxidation sites excluding steroid dienone is 4. The highest BCUT2D eigenvalue weighted by Crippen LogP contribution is 2.37. The topological polar surface area (TPSA) is 17.1 Å². The monoisotopic (exact) mass is 324 g/mol. The van der Waals surface area contributed by atoms with Crippen molar-refractivity contribution in [2.45, 2.75) is 20.3 Å². The second kappa shape index (κ2) is 6.18. The third kappa shape index (κ3) is 2.72. The van der Waals surface area contributed by atoms with E-state index in [1.54, 1.807) is 0 Å². The predicted molar refractivity (Wildman–Crippen MR) is 105 cm³/mol. The first kappa shape index (κ1) is 15.6. The molecule has 25 heavy (non-hydrogen) atoms. The molecule has 0 spiro atoms. The minimum atomic E-state index is 0.0947. The highest BCUT2D eigenvalue weighted by Gasteiger charge is 2.22. The Morgan fingerprint density at radius 3 is 2.28 bits per heavy atom. The zero-order chi connectivity index (χ0) is 17.4. The van der Waals surface area contributed by atoms with Crippen molar-refractivity contribution in [3.8, 4) is 0 Å². The molecule has 3 aromatic rings. The molecular weight excluding hydrogens is 304 g/mol. The van der Waals surface area contributed by atoms with Gasteiger partial charge in [-0.25, -0.2) is 0 Å². The van der Waals surface area contributed by atoms with Gasteiger partial charge in [-0.2, -0.15) is 0 Å². The van der Waals surface area contributed by atoms with Gasteiger partial charge in [-0.15, -0.1) is 0 Å². The summed E-state index contributed by atoms with van der Waals surface area (Å²) in [7, 11) is 0. The molecule has 1 aliphatic carbocycles. The molecule has 0 aliphatic heterocycles. The Kier molecular flexibility index (Phi) is 3.85. The van der Waals surface area contributed by atoms with E-state index < -0.39 is 0 Å². The van der Waals surface area contributed by atoms with Crippen LogP contribution in [-0.2, 0) is 0 Å². The Hall–Kier alpha value is -2.93. The average Bonchev–Trinajstić information content (AvgIpc) is 2.99. The largest absolute Gasteiger partial charge is 0.289 e. The van der Waals surface area contributed by atoms with Gasteiger partial charge in [0, 0.05) is 11.1 Å². The van der Waals surface area contributed by atoms with Gasteiger partial charge in [0.1, 0.15) is 0 Å². The molecule has 0 saturated carbocycles. The number of hydrogen-bond donors (Lipinski definition) is 0. The van der Waals surface area contributed by atoms with Crippen LogP contribution in [0.4, 0.5) is 0 Å². The Labute approximate surface area is 148 Å². The van der Waals surface area contributed by atoms with Crippen LogP contribution in [0.15, 0.2) is 84.0 Å². The predicted octanol–water partition coefficient (Wildman–Crippen LogP) is 6.19. The summed E-state index contributed by atoms with van der Waals surface area (Å²) in [5.41, 5.74) is 6.50. The van der Waals surface area contributed by atoms with Gasteiger partial charge in [-0.05, 0) is 47.8 Å². The van der Waals surface area contributed by atoms with Crippen LogP contribution in [0.2, 0.25) is 0 Å². The number of fused-ring (bicyclic) bond motifs is 1. The first-order valence-corrected chi connectivity index (χ1v) is 8.64. The molecule has 0 bridgehead atoms. The van der Waals surface area contributed by atoms with Crippen LogP contribution in [0.3, 0.4) is 0 Å². The fourth-order valence-corrected chi connectivity index (χ4v) is 3.74. The molecule has 0 unspecified atom stereocenters. The summed E-state index contributed by atoms with van der Waals surface area (Å²) in [5, 5.41) is 2.13. The highest BCUT2D eigenvalue weighted by molar-refractivity contribution is 6.19. The van der Waals surface area contributed by atoms with Crippen molar-refractivity contribution in [2.75, 3.05) is 0 Å². The van der Waals surface area contributed by atoms with Crippen LogP contribution >= 0.6 is 0 Å². The highest BCUT2D eigenvalue weighted by atomic mass is 16.1. The van der Waals surface area contributed by atoms with Crippen molar-refractivity contribution in [2.24, 2.45) is 0 Å². The SMILES string of the molecule is CC1=CC(C)=C(c2ccc3ccccc3c2C(=O)c2ccccc2)C1. The van der Waals surface area contributed by atoms with Crippen molar-refractivity contribution < 1.29 is 4.79 Å². The average molecular weight is 324 g/mol. The van der Waals surface area contributed by atoms with Crippen LogP contribution in [0.5, 0.6) is 0 Å². The van der Waals surface area contributed by atoms with Crippen molar-refractivity contribution in [3.63, 3.8) is 0 Å². The maximum Gasteiger partial charge on any atom is 0.194 e. The zero-order valence-corrected chi connectivity index (χ0v) is 14.5. The van der Waals surface area contributed by atoms with E-state index in [0.717, 1.165) is 33.9 Å². The summed E-state index contributed by atoms with van der Waals surface area (Å²) in [4.78, 5) is 13.4. The normalized spacial score (nSPS) is 14.1. The molecule has 0 atom stereocenters. The molecular formula is C24H20O. The van der Waals surface area contributed by atoms with Gasteiger partial charge in [0.2, 0.25) is 0 Å². The van der Waals surface area contributed by atoms with Crippen molar-refractivity contribution in [1.29, 1.82) is 0 Å². The van der Waals surface area contributed by atoms with Crippen molar-refractivity contribution in [1.82, 2.24) is 0 Å². The van der Waals surface area contributed by atoms with E-state index in [-0.39, 0.29) is 5.78 Å².